The maximum Gasteiger partial charge on any atom is 0.137 e. The molecule has 0 radical (unpaired) electrons. The first-order chi connectivity index (χ1) is 7.09. The molecule has 0 fully saturated rings. The van der Waals surface area contributed by atoms with Crippen LogP contribution in [0.15, 0.2) is 28.7 Å². The first-order valence-corrected chi connectivity index (χ1v) is 5.37. The average Bonchev–Trinajstić information content (AvgIpc) is 2.60. The summed E-state index contributed by atoms with van der Waals surface area (Å²) in [4.78, 5) is 0. The zero-order valence-corrected chi connectivity index (χ0v) is 9.45. The normalized spacial score (nSPS) is 13.7. The van der Waals surface area contributed by atoms with Crippen molar-refractivity contribution in [1.82, 2.24) is 0 Å². The zero-order chi connectivity index (χ0) is 11.0. The monoisotopic (exact) mass is 203 g/mol. The lowest BCUT2D eigenvalue weighted by Gasteiger charge is -2.05. The molecule has 0 spiro atoms. The van der Waals surface area contributed by atoms with Crippen molar-refractivity contribution in [2.45, 2.75) is 32.7 Å². The van der Waals surface area contributed by atoms with E-state index in [0.29, 0.717) is 5.92 Å². The molecule has 0 saturated carbocycles. The fourth-order valence-corrected chi connectivity index (χ4v) is 1.78. The van der Waals surface area contributed by atoms with E-state index in [-0.39, 0.29) is 6.04 Å². The summed E-state index contributed by atoms with van der Waals surface area (Å²) in [5.74, 6) is 1.33. The first kappa shape index (κ1) is 10.2. The predicted molar refractivity (Wildman–Crippen MR) is 62.9 cm³/mol. The van der Waals surface area contributed by atoms with E-state index in [1.807, 2.05) is 13.0 Å². The highest BCUT2D eigenvalue weighted by molar-refractivity contribution is 5.81. The minimum Gasteiger partial charge on any atom is -0.459 e. The molecule has 0 aliphatic carbocycles. The van der Waals surface area contributed by atoms with Crippen LogP contribution in [0.25, 0.3) is 11.0 Å². The van der Waals surface area contributed by atoms with Crippen LogP contribution in [0.3, 0.4) is 0 Å². The summed E-state index contributed by atoms with van der Waals surface area (Å²) in [5, 5.41) is 1.15. The molecule has 1 aromatic carbocycles. The maximum absolute atomic E-state index is 5.81. The third-order valence-corrected chi connectivity index (χ3v) is 2.66. The summed E-state index contributed by atoms with van der Waals surface area (Å²) in [5.41, 5.74) is 8.05. The van der Waals surface area contributed by atoms with Crippen LogP contribution in [0.5, 0.6) is 0 Å². The summed E-state index contributed by atoms with van der Waals surface area (Å²) in [6.07, 6.45) is 0. The van der Waals surface area contributed by atoms with Crippen molar-refractivity contribution < 1.29 is 4.42 Å². The number of rotatable bonds is 2. The van der Waals surface area contributed by atoms with E-state index in [9.17, 15) is 0 Å². The molecule has 1 aromatic heterocycles. The van der Waals surface area contributed by atoms with Gasteiger partial charge in [-0.1, -0.05) is 32.0 Å². The minimum absolute atomic E-state index is 0.0441. The molecule has 0 bridgehead atoms. The largest absolute Gasteiger partial charge is 0.459 e. The van der Waals surface area contributed by atoms with Gasteiger partial charge in [0.15, 0.2) is 0 Å². The van der Waals surface area contributed by atoms with E-state index in [4.69, 9.17) is 10.2 Å². The Balaban J connectivity index is 2.64. The fourth-order valence-electron chi connectivity index (χ4n) is 1.78. The number of furan rings is 1. The summed E-state index contributed by atoms with van der Waals surface area (Å²) in [7, 11) is 0. The van der Waals surface area contributed by atoms with E-state index in [0.717, 1.165) is 16.7 Å². The van der Waals surface area contributed by atoms with Crippen LogP contribution in [0.1, 0.15) is 44.1 Å². The molecule has 2 rings (SSSR count). The Kier molecular flexibility index (Phi) is 2.53. The first-order valence-electron chi connectivity index (χ1n) is 5.37. The van der Waals surface area contributed by atoms with Crippen molar-refractivity contribution in [3.63, 3.8) is 0 Å². The van der Waals surface area contributed by atoms with Crippen molar-refractivity contribution >= 4 is 11.0 Å². The quantitative estimate of drug-likeness (QED) is 0.810. The molecule has 0 saturated heterocycles. The summed E-state index contributed by atoms with van der Waals surface area (Å²) >= 11 is 0. The maximum atomic E-state index is 5.81. The second-order valence-electron chi connectivity index (χ2n) is 4.36. The summed E-state index contributed by atoms with van der Waals surface area (Å²) in [6.45, 7) is 6.28. The van der Waals surface area contributed by atoms with Gasteiger partial charge in [0.05, 0.1) is 6.04 Å². The lowest BCUT2D eigenvalue weighted by atomic mass is 10.0. The molecule has 2 aromatic rings. The third-order valence-electron chi connectivity index (χ3n) is 2.66. The van der Waals surface area contributed by atoms with E-state index >= 15 is 0 Å². The fraction of sp³-hybridized carbons (Fsp3) is 0.385. The van der Waals surface area contributed by atoms with Gasteiger partial charge >= 0.3 is 0 Å². The molecule has 1 atom stereocenters. The van der Waals surface area contributed by atoms with Gasteiger partial charge in [0.25, 0.3) is 0 Å². The molecule has 0 aliphatic rings. The number of fused-ring (bicyclic) bond motifs is 1. The van der Waals surface area contributed by atoms with Gasteiger partial charge in [0.1, 0.15) is 11.3 Å². The lowest BCUT2D eigenvalue weighted by molar-refractivity contribution is 0.509. The standard InChI is InChI=1S/C13H17NO/c1-8(2)11-6-4-5-10-7-12(9(3)14)15-13(10)11/h4-9H,14H2,1-3H3. The smallest absolute Gasteiger partial charge is 0.137 e. The molecule has 0 amide bonds. The Labute approximate surface area is 90.1 Å². The molecule has 2 N–H and O–H groups in total. The SMILES string of the molecule is CC(C)c1cccc2cc(C(C)N)oc12. The second-order valence-corrected chi connectivity index (χ2v) is 4.36. The van der Waals surface area contributed by atoms with E-state index in [1.54, 1.807) is 0 Å². The highest BCUT2D eigenvalue weighted by atomic mass is 16.3. The van der Waals surface area contributed by atoms with Crippen molar-refractivity contribution in [3.05, 3.63) is 35.6 Å². The van der Waals surface area contributed by atoms with Crippen LogP contribution in [-0.4, -0.2) is 0 Å². The van der Waals surface area contributed by atoms with Gasteiger partial charge in [-0.25, -0.2) is 0 Å². The molecule has 2 heteroatoms. The summed E-state index contributed by atoms with van der Waals surface area (Å²) in [6, 6.07) is 8.24. The van der Waals surface area contributed by atoms with Crippen molar-refractivity contribution in [3.8, 4) is 0 Å². The van der Waals surface area contributed by atoms with Gasteiger partial charge < -0.3 is 10.2 Å². The minimum atomic E-state index is -0.0441. The number of hydrogen-bond donors (Lipinski definition) is 1. The Bertz CT molecular complexity index is 468. The van der Waals surface area contributed by atoms with Crippen LogP contribution >= 0.6 is 0 Å². The van der Waals surface area contributed by atoms with Crippen LogP contribution in [-0.2, 0) is 0 Å². The molecule has 0 aliphatic heterocycles. The van der Waals surface area contributed by atoms with E-state index in [1.165, 1.54) is 5.56 Å². The number of hydrogen-bond acceptors (Lipinski definition) is 2. The number of benzene rings is 1. The number of para-hydroxylation sites is 1. The molecule has 2 nitrogen and oxygen atoms in total. The van der Waals surface area contributed by atoms with Crippen molar-refractivity contribution in [2.75, 3.05) is 0 Å². The Morgan fingerprint density at radius 3 is 2.53 bits per heavy atom. The Morgan fingerprint density at radius 2 is 1.93 bits per heavy atom. The van der Waals surface area contributed by atoms with Crippen LogP contribution in [0, 0.1) is 0 Å². The second kappa shape index (κ2) is 3.70. The Morgan fingerprint density at radius 1 is 1.20 bits per heavy atom. The Hall–Kier alpha value is -1.28. The van der Waals surface area contributed by atoms with E-state index < -0.39 is 0 Å². The van der Waals surface area contributed by atoms with Gasteiger partial charge in [-0.3, -0.25) is 0 Å². The van der Waals surface area contributed by atoms with Crippen molar-refractivity contribution in [1.29, 1.82) is 0 Å². The molecule has 1 heterocycles. The molecule has 15 heavy (non-hydrogen) atoms. The van der Waals surface area contributed by atoms with Gasteiger partial charge in [-0.15, -0.1) is 0 Å². The van der Waals surface area contributed by atoms with Gasteiger partial charge in [0.2, 0.25) is 0 Å². The van der Waals surface area contributed by atoms with Crippen LogP contribution in [0.4, 0.5) is 0 Å². The van der Waals surface area contributed by atoms with Crippen LogP contribution < -0.4 is 5.73 Å². The predicted octanol–water partition coefficient (Wildman–Crippen LogP) is 3.58. The molecular formula is C13H17NO. The lowest BCUT2D eigenvalue weighted by Crippen LogP contribution is -2.02. The van der Waals surface area contributed by atoms with Crippen molar-refractivity contribution in [2.24, 2.45) is 5.73 Å². The third kappa shape index (κ3) is 1.77. The topological polar surface area (TPSA) is 39.2 Å². The summed E-state index contributed by atoms with van der Waals surface area (Å²) < 4.78 is 5.80. The van der Waals surface area contributed by atoms with Gasteiger partial charge in [-0.2, -0.15) is 0 Å². The number of nitrogens with two attached hydrogens (primary N) is 1. The highest BCUT2D eigenvalue weighted by Crippen LogP contribution is 2.29. The average molecular weight is 203 g/mol. The van der Waals surface area contributed by atoms with E-state index in [2.05, 4.69) is 32.0 Å². The highest BCUT2D eigenvalue weighted by Gasteiger charge is 2.12. The molecular weight excluding hydrogens is 186 g/mol. The van der Waals surface area contributed by atoms with Gasteiger partial charge in [0, 0.05) is 5.39 Å². The molecule has 1 unspecified atom stereocenters. The zero-order valence-electron chi connectivity index (χ0n) is 9.45. The van der Waals surface area contributed by atoms with Gasteiger partial charge in [-0.05, 0) is 24.5 Å². The molecule has 80 valence electrons. The van der Waals surface area contributed by atoms with Crippen LogP contribution in [0.2, 0.25) is 0 Å².